The first kappa shape index (κ1) is 18.4. The van der Waals surface area contributed by atoms with E-state index in [-0.39, 0.29) is 21.2 Å². The predicted octanol–water partition coefficient (Wildman–Crippen LogP) is 0.887. The molecule has 0 aromatic heterocycles. The molecule has 2 rings (SSSR count). The fourth-order valence-corrected chi connectivity index (χ4v) is 3.45. The summed E-state index contributed by atoms with van der Waals surface area (Å²) in [7, 11) is -8.02. The van der Waals surface area contributed by atoms with Crippen LogP contribution in [0, 0.1) is 0 Å². The summed E-state index contributed by atoms with van der Waals surface area (Å²) >= 11 is 5.75. The van der Waals surface area contributed by atoms with Crippen molar-refractivity contribution in [1.82, 2.24) is 0 Å². The van der Waals surface area contributed by atoms with Crippen molar-refractivity contribution in [2.75, 3.05) is 5.32 Å². The van der Waals surface area contributed by atoms with Crippen molar-refractivity contribution in [2.45, 2.75) is 9.79 Å². The van der Waals surface area contributed by atoms with Crippen LogP contribution >= 0.6 is 11.6 Å². The number of nitrogens with one attached hydrogen (secondary N) is 1. The van der Waals surface area contributed by atoms with Gasteiger partial charge in [0.2, 0.25) is 20.0 Å². The van der Waals surface area contributed by atoms with Gasteiger partial charge in [-0.3, -0.25) is 4.79 Å². The molecular weight excluding hydrogens is 378 g/mol. The molecule has 24 heavy (non-hydrogen) atoms. The van der Waals surface area contributed by atoms with E-state index in [4.69, 9.17) is 21.9 Å². The summed E-state index contributed by atoms with van der Waals surface area (Å²) < 4.78 is 45.5. The van der Waals surface area contributed by atoms with Crippen LogP contribution in [0.3, 0.4) is 0 Å². The van der Waals surface area contributed by atoms with E-state index < -0.39 is 30.8 Å². The summed E-state index contributed by atoms with van der Waals surface area (Å²) in [6.07, 6.45) is 0. The van der Waals surface area contributed by atoms with Crippen LogP contribution in [0.2, 0.25) is 5.02 Å². The largest absolute Gasteiger partial charge is 0.322 e. The van der Waals surface area contributed by atoms with E-state index in [1.807, 2.05) is 0 Å². The maximum atomic E-state index is 12.2. The lowest BCUT2D eigenvalue weighted by atomic mass is 10.2. The fourth-order valence-electron chi connectivity index (χ4n) is 1.82. The second-order valence-electron chi connectivity index (χ2n) is 4.72. The monoisotopic (exact) mass is 389 g/mol. The number of carbonyl (C=O) groups excluding carboxylic acids is 1. The maximum absolute atomic E-state index is 12.2. The highest BCUT2D eigenvalue weighted by Crippen LogP contribution is 2.22. The molecule has 0 fully saturated rings. The fraction of sp³-hybridized carbons (Fsp3) is 0. The number of primary sulfonamides is 2. The van der Waals surface area contributed by atoms with Crippen LogP contribution in [0.25, 0.3) is 0 Å². The van der Waals surface area contributed by atoms with Crippen molar-refractivity contribution in [1.29, 1.82) is 0 Å². The van der Waals surface area contributed by atoms with E-state index >= 15 is 0 Å². The smallest absolute Gasteiger partial charge is 0.255 e. The molecule has 0 unspecified atom stereocenters. The first-order chi connectivity index (χ1) is 11.0. The van der Waals surface area contributed by atoms with E-state index in [1.165, 1.54) is 36.4 Å². The minimum Gasteiger partial charge on any atom is -0.322 e. The third-order valence-corrected chi connectivity index (χ3v) is 5.22. The molecule has 0 aliphatic rings. The van der Waals surface area contributed by atoms with Gasteiger partial charge in [-0.2, -0.15) is 0 Å². The van der Waals surface area contributed by atoms with Gasteiger partial charge in [-0.25, -0.2) is 27.1 Å². The average Bonchev–Trinajstić information content (AvgIpc) is 2.45. The topological polar surface area (TPSA) is 149 Å². The normalized spacial score (nSPS) is 12.0. The first-order valence-corrected chi connectivity index (χ1v) is 9.72. The van der Waals surface area contributed by atoms with Gasteiger partial charge in [0.1, 0.15) is 4.90 Å². The molecule has 0 heterocycles. The molecule has 2 aromatic rings. The van der Waals surface area contributed by atoms with Crippen molar-refractivity contribution in [2.24, 2.45) is 10.3 Å². The highest BCUT2D eigenvalue weighted by molar-refractivity contribution is 7.89. The first-order valence-electron chi connectivity index (χ1n) is 6.25. The Labute approximate surface area is 143 Å². The van der Waals surface area contributed by atoms with Gasteiger partial charge in [0.05, 0.1) is 9.92 Å². The average molecular weight is 390 g/mol. The molecule has 8 nitrogen and oxygen atoms in total. The van der Waals surface area contributed by atoms with Gasteiger partial charge in [0.15, 0.2) is 0 Å². The maximum Gasteiger partial charge on any atom is 0.255 e. The van der Waals surface area contributed by atoms with Crippen molar-refractivity contribution < 1.29 is 21.6 Å². The van der Waals surface area contributed by atoms with Crippen molar-refractivity contribution in [3.8, 4) is 0 Å². The molecule has 0 spiro atoms. The van der Waals surface area contributed by atoms with Gasteiger partial charge < -0.3 is 5.32 Å². The molecule has 0 aliphatic carbocycles. The molecule has 0 saturated carbocycles. The molecule has 2 aromatic carbocycles. The molecule has 128 valence electrons. The third-order valence-electron chi connectivity index (χ3n) is 2.92. The van der Waals surface area contributed by atoms with Crippen molar-refractivity contribution in [3.63, 3.8) is 0 Å². The standard InChI is InChI=1S/C13H12ClN3O5S2/c14-11-5-4-8(6-12(11)24(16,21)22)13(18)17-9-2-1-3-10(7-9)23(15,19)20/h1-7H,(H,17,18)(H2,15,19,20)(H2,16,21,22). The summed E-state index contributed by atoms with van der Waals surface area (Å²) in [5.41, 5.74) is 0.142. The second kappa shape index (κ2) is 6.49. The molecule has 0 bridgehead atoms. The van der Waals surface area contributed by atoms with Crippen LogP contribution in [-0.2, 0) is 20.0 Å². The number of hydrogen-bond acceptors (Lipinski definition) is 5. The lowest BCUT2D eigenvalue weighted by molar-refractivity contribution is 0.102. The van der Waals surface area contributed by atoms with Gasteiger partial charge >= 0.3 is 0 Å². The molecule has 1 amide bonds. The molecule has 0 saturated heterocycles. The lowest BCUT2D eigenvalue weighted by Crippen LogP contribution is -2.17. The van der Waals surface area contributed by atoms with Crippen molar-refractivity contribution in [3.05, 3.63) is 53.1 Å². The minimum absolute atomic E-state index is 0.0237. The zero-order chi connectivity index (χ0) is 18.1. The molecule has 11 heteroatoms. The molecule has 0 atom stereocenters. The van der Waals surface area contributed by atoms with E-state index in [9.17, 15) is 21.6 Å². The highest BCUT2D eigenvalue weighted by atomic mass is 35.5. The van der Waals surface area contributed by atoms with Gasteiger partial charge in [-0.05, 0) is 36.4 Å². The number of hydrogen-bond donors (Lipinski definition) is 3. The molecule has 0 radical (unpaired) electrons. The Morgan fingerprint density at radius 2 is 1.62 bits per heavy atom. The number of anilines is 1. The molecule has 5 N–H and O–H groups in total. The van der Waals surface area contributed by atoms with E-state index in [2.05, 4.69) is 5.32 Å². The number of halogens is 1. The van der Waals surface area contributed by atoms with Gasteiger partial charge in [-0.1, -0.05) is 17.7 Å². The van der Waals surface area contributed by atoms with E-state index in [1.54, 1.807) is 0 Å². The molecule has 0 aliphatic heterocycles. The number of amides is 1. The Kier molecular flexibility index (Phi) is 4.97. The zero-order valence-electron chi connectivity index (χ0n) is 11.9. The van der Waals surface area contributed by atoms with Gasteiger partial charge in [-0.15, -0.1) is 0 Å². The Morgan fingerprint density at radius 1 is 0.958 bits per heavy atom. The number of benzene rings is 2. The van der Waals surface area contributed by atoms with Crippen LogP contribution in [0.4, 0.5) is 5.69 Å². The summed E-state index contributed by atoms with van der Waals surface area (Å²) in [6.45, 7) is 0. The Morgan fingerprint density at radius 3 is 2.21 bits per heavy atom. The minimum atomic E-state index is -4.10. The number of carbonyl (C=O) groups is 1. The number of rotatable bonds is 4. The highest BCUT2D eigenvalue weighted by Gasteiger charge is 2.17. The number of nitrogens with two attached hydrogens (primary N) is 2. The SMILES string of the molecule is NS(=O)(=O)c1cccc(NC(=O)c2ccc(Cl)c(S(N)(=O)=O)c2)c1. The van der Waals surface area contributed by atoms with Gasteiger partial charge in [0, 0.05) is 11.3 Å². The number of sulfonamides is 2. The Balaban J connectivity index is 2.35. The summed E-state index contributed by atoms with van der Waals surface area (Å²) in [5.74, 6) is -0.678. The van der Waals surface area contributed by atoms with Crippen LogP contribution in [0.1, 0.15) is 10.4 Å². The summed E-state index contributed by atoms with van der Waals surface area (Å²) in [6, 6.07) is 8.83. The van der Waals surface area contributed by atoms with Gasteiger partial charge in [0.25, 0.3) is 5.91 Å². The summed E-state index contributed by atoms with van der Waals surface area (Å²) in [4.78, 5) is 11.6. The third kappa shape index (κ3) is 4.30. The van der Waals surface area contributed by atoms with E-state index in [0.717, 1.165) is 6.07 Å². The van der Waals surface area contributed by atoms with Crippen LogP contribution < -0.4 is 15.6 Å². The zero-order valence-corrected chi connectivity index (χ0v) is 14.3. The molecular formula is C13H12ClN3O5S2. The quantitative estimate of drug-likeness (QED) is 0.709. The van der Waals surface area contributed by atoms with Crippen LogP contribution in [0.5, 0.6) is 0 Å². The van der Waals surface area contributed by atoms with Crippen molar-refractivity contribution >= 4 is 43.2 Å². The van der Waals surface area contributed by atoms with Crippen LogP contribution in [-0.4, -0.2) is 22.7 Å². The second-order valence-corrected chi connectivity index (χ2v) is 8.22. The lowest BCUT2D eigenvalue weighted by Gasteiger charge is -2.08. The van der Waals surface area contributed by atoms with Crippen LogP contribution in [0.15, 0.2) is 52.3 Å². The summed E-state index contributed by atoms with van der Waals surface area (Å²) in [5, 5.41) is 12.3. The predicted molar refractivity (Wildman–Crippen MR) is 88.6 cm³/mol. The van der Waals surface area contributed by atoms with E-state index in [0.29, 0.717) is 0 Å². The Hall–Kier alpha value is -1.98. The Bertz CT molecular complexity index is 1020.